The average Bonchev–Trinajstić information content (AvgIpc) is 3.33. The molecule has 0 spiro atoms. The molecule has 1 aliphatic heterocycles. The van der Waals surface area contributed by atoms with E-state index in [1.165, 1.54) is 41.3 Å². The van der Waals surface area contributed by atoms with Crippen LogP contribution in [0.2, 0.25) is 0 Å². The van der Waals surface area contributed by atoms with Crippen molar-refractivity contribution in [1.29, 1.82) is 5.26 Å². The number of amides is 1. The Kier molecular flexibility index (Phi) is 7.33. The Morgan fingerprint density at radius 2 is 1.88 bits per heavy atom. The van der Waals surface area contributed by atoms with Gasteiger partial charge in [0.05, 0.1) is 28.7 Å². The molecule has 0 aliphatic carbocycles. The monoisotopic (exact) mass is 440 g/mol. The van der Waals surface area contributed by atoms with Crippen LogP contribution in [0.1, 0.15) is 29.6 Å². The van der Waals surface area contributed by atoms with Gasteiger partial charge in [-0.15, -0.1) is 0 Å². The lowest BCUT2D eigenvalue weighted by molar-refractivity contribution is -0.384. The second-order valence-corrected chi connectivity index (χ2v) is 7.16. The summed E-state index contributed by atoms with van der Waals surface area (Å²) in [4.78, 5) is 39.2. The van der Waals surface area contributed by atoms with Gasteiger partial charge in [-0.05, 0) is 43.2 Å². The van der Waals surface area contributed by atoms with Crippen LogP contribution >= 0.6 is 0 Å². The summed E-state index contributed by atoms with van der Waals surface area (Å²) in [5.74, 6) is -1.94. The Hall–Kier alpha value is -4.00. The lowest BCUT2D eigenvalue weighted by atomic mass is 10.1. The molecule has 2 aromatic rings. The number of carbonyl (C=O) groups excluding carboxylic acids is 2. The van der Waals surface area contributed by atoms with Gasteiger partial charge in [-0.1, -0.05) is 0 Å². The van der Waals surface area contributed by atoms with Crippen molar-refractivity contribution in [2.75, 3.05) is 36.0 Å². The van der Waals surface area contributed by atoms with Crippen LogP contribution in [0, 0.1) is 27.3 Å². The van der Waals surface area contributed by atoms with E-state index in [9.17, 15) is 24.1 Å². The summed E-state index contributed by atoms with van der Waals surface area (Å²) in [6.07, 6.45) is 1.91. The largest absolute Gasteiger partial charge is 0.452 e. The molecule has 32 heavy (non-hydrogen) atoms. The number of non-ortho nitro benzene ring substituents is 1. The van der Waals surface area contributed by atoms with Crippen LogP contribution in [-0.2, 0) is 9.53 Å². The first kappa shape index (κ1) is 22.7. The van der Waals surface area contributed by atoms with E-state index in [4.69, 9.17) is 10.00 Å². The molecule has 10 heteroatoms. The number of halogens is 1. The van der Waals surface area contributed by atoms with Crippen molar-refractivity contribution in [3.05, 3.63) is 64.0 Å². The SMILES string of the molecule is N#CCCN(C(=O)COC(=O)c1cc([N+](=O)[O-])ccc1N1CCCC1)c1ccc(F)cc1. The standard InChI is InChI=1S/C22H21FN4O5/c23-16-4-6-17(7-5-16)26(13-3-10-24)21(28)15-32-22(29)19-14-18(27(30)31)8-9-20(19)25-11-1-2-12-25/h4-9,14H,1-3,11-13,15H2. The van der Waals surface area contributed by atoms with Gasteiger partial charge in [-0.25, -0.2) is 9.18 Å². The molecule has 0 atom stereocenters. The van der Waals surface area contributed by atoms with Crippen molar-refractivity contribution in [3.8, 4) is 6.07 Å². The van der Waals surface area contributed by atoms with Gasteiger partial charge in [0.15, 0.2) is 6.61 Å². The minimum absolute atomic E-state index is 0.0132. The quantitative estimate of drug-likeness (QED) is 0.351. The Morgan fingerprint density at radius 3 is 2.50 bits per heavy atom. The molecular weight excluding hydrogens is 419 g/mol. The van der Waals surface area contributed by atoms with Gasteiger partial charge in [0.2, 0.25) is 0 Å². The number of nitro benzene ring substituents is 1. The summed E-state index contributed by atoms with van der Waals surface area (Å²) >= 11 is 0. The second kappa shape index (κ2) is 10.3. The number of ether oxygens (including phenoxy) is 1. The number of hydrogen-bond donors (Lipinski definition) is 0. The topological polar surface area (TPSA) is 117 Å². The molecule has 9 nitrogen and oxygen atoms in total. The number of rotatable bonds is 8. The van der Waals surface area contributed by atoms with Crippen molar-refractivity contribution in [3.63, 3.8) is 0 Å². The molecule has 1 aliphatic rings. The first-order valence-corrected chi connectivity index (χ1v) is 10.0. The van der Waals surface area contributed by atoms with Gasteiger partial charge < -0.3 is 14.5 Å². The fraction of sp³-hybridized carbons (Fsp3) is 0.318. The van der Waals surface area contributed by atoms with E-state index in [2.05, 4.69) is 0 Å². The minimum Gasteiger partial charge on any atom is -0.452 e. The van der Waals surface area contributed by atoms with E-state index in [0.29, 0.717) is 24.5 Å². The highest BCUT2D eigenvalue weighted by Crippen LogP contribution is 2.29. The average molecular weight is 440 g/mol. The van der Waals surface area contributed by atoms with Crippen LogP contribution in [0.4, 0.5) is 21.5 Å². The third-order valence-corrected chi connectivity index (χ3v) is 5.07. The normalized spacial score (nSPS) is 12.8. The number of hydrogen-bond acceptors (Lipinski definition) is 7. The van der Waals surface area contributed by atoms with Crippen LogP contribution in [0.3, 0.4) is 0 Å². The summed E-state index contributed by atoms with van der Waals surface area (Å²) < 4.78 is 18.4. The molecule has 0 bridgehead atoms. The lowest BCUT2D eigenvalue weighted by Crippen LogP contribution is -2.35. The molecule has 1 saturated heterocycles. The van der Waals surface area contributed by atoms with Gasteiger partial charge in [0.1, 0.15) is 5.82 Å². The Balaban J connectivity index is 1.77. The highest BCUT2D eigenvalue weighted by Gasteiger charge is 2.25. The van der Waals surface area contributed by atoms with Gasteiger partial charge in [-0.3, -0.25) is 14.9 Å². The third kappa shape index (κ3) is 5.37. The highest BCUT2D eigenvalue weighted by atomic mass is 19.1. The molecule has 2 aromatic carbocycles. The maximum absolute atomic E-state index is 13.2. The molecule has 0 unspecified atom stereocenters. The predicted octanol–water partition coefficient (Wildman–Crippen LogP) is 3.44. The Labute approximate surface area is 183 Å². The zero-order valence-corrected chi connectivity index (χ0v) is 17.2. The number of nitro groups is 1. The van der Waals surface area contributed by atoms with Crippen molar-refractivity contribution in [2.45, 2.75) is 19.3 Å². The maximum Gasteiger partial charge on any atom is 0.341 e. The second-order valence-electron chi connectivity index (χ2n) is 7.16. The van der Waals surface area contributed by atoms with Gasteiger partial charge >= 0.3 is 5.97 Å². The molecule has 0 radical (unpaired) electrons. The molecule has 1 amide bonds. The summed E-state index contributed by atoms with van der Waals surface area (Å²) in [7, 11) is 0. The first-order chi connectivity index (χ1) is 15.4. The number of esters is 1. The number of nitriles is 1. The first-order valence-electron chi connectivity index (χ1n) is 10.0. The summed E-state index contributed by atoms with van der Waals surface area (Å²) in [6, 6.07) is 11.1. The lowest BCUT2D eigenvalue weighted by Gasteiger charge is -2.23. The molecule has 0 N–H and O–H groups in total. The van der Waals surface area contributed by atoms with E-state index < -0.39 is 29.2 Å². The smallest absolute Gasteiger partial charge is 0.341 e. The molecule has 0 saturated carbocycles. The highest BCUT2D eigenvalue weighted by molar-refractivity contribution is 6.00. The van der Waals surface area contributed by atoms with Crippen molar-refractivity contribution in [1.82, 2.24) is 0 Å². The van der Waals surface area contributed by atoms with E-state index in [1.807, 2.05) is 11.0 Å². The van der Waals surface area contributed by atoms with Crippen LogP contribution in [0.25, 0.3) is 0 Å². The Morgan fingerprint density at radius 1 is 1.19 bits per heavy atom. The van der Waals surface area contributed by atoms with Gasteiger partial charge in [0.25, 0.3) is 11.6 Å². The number of nitrogens with zero attached hydrogens (tertiary/aromatic N) is 4. The Bertz CT molecular complexity index is 1050. The van der Waals surface area contributed by atoms with E-state index in [-0.39, 0.29) is 24.2 Å². The number of benzene rings is 2. The molecule has 1 heterocycles. The molecule has 166 valence electrons. The zero-order chi connectivity index (χ0) is 23.1. The van der Waals surface area contributed by atoms with E-state index in [0.717, 1.165) is 18.9 Å². The van der Waals surface area contributed by atoms with Crippen molar-refractivity contribution >= 4 is 28.9 Å². The molecule has 0 aromatic heterocycles. The van der Waals surface area contributed by atoms with E-state index in [1.54, 1.807) is 0 Å². The van der Waals surface area contributed by atoms with Crippen LogP contribution in [0.15, 0.2) is 42.5 Å². The van der Waals surface area contributed by atoms with E-state index >= 15 is 0 Å². The number of anilines is 2. The van der Waals surface area contributed by atoms with Crippen molar-refractivity contribution < 1.29 is 23.6 Å². The third-order valence-electron chi connectivity index (χ3n) is 5.07. The molecule has 3 rings (SSSR count). The molecular formula is C22H21FN4O5. The van der Waals surface area contributed by atoms with Crippen LogP contribution < -0.4 is 9.80 Å². The van der Waals surface area contributed by atoms with Crippen LogP contribution in [0.5, 0.6) is 0 Å². The minimum atomic E-state index is -0.858. The summed E-state index contributed by atoms with van der Waals surface area (Å²) in [6.45, 7) is 0.825. The van der Waals surface area contributed by atoms with Gasteiger partial charge in [0, 0.05) is 37.5 Å². The van der Waals surface area contributed by atoms with Crippen LogP contribution in [-0.4, -0.2) is 43.0 Å². The predicted molar refractivity (Wildman–Crippen MR) is 114 cm³/mol. The van der Waals surface area contributed by atoms with Gasteiger partial charge in [-0.2, -0.15) is 5.26 Å². The fourth-order valence-corrected chi connectivity index (χ4v) is 3.50. The maximum atomic E-state index is 13.2. The number of carbonyl (C=O) groups is 2. The molecule has 1 fully saturated rings. The summed E-state index contributed by atoms with van der Waals surface area (Å²) in [5, 5.41) is 20.0. The van der Waals surface area contributed by atoms with Crippen molar-refractivity contribution in [2.24, 2.45) is 0 Å². The summed E-state index contributed by atoms with van der Waals surface area (Å²) in [5.41, 5.74) is 0.633. The zero-order valence-electron chi connectivity index (χ0n) is 17.2. The fourth-order valence-electron chi connectivity index (χ4n) is 3.50.